The van der Waals surface area contributed by atoms with Crippen LogP contribution in [0.25, 0.3) is 0 Å². The third kappa shape index (κ3) is 19.3. The van der Waals surface area contributed by atoms with Crippen molar-refractivity contribution in [3.05, 3.63) is 65.7 Å². The molecule has 6 amide bonds. The predicted molar refractivity (Wildman–Crippen MR) is 303 cm³/mol. The summed E-state index contributed by atoms with van der Waals surface area (Å²) < 4.78 is 12.5. The van der Waals surface area contributed by atoms with Crippen molar-refractivity contribution in [2.75, 3.05) is 66.9 Å². The molecule has 2 aromatic rings. The number of hydrogen-bond donors (Lipinski definition) is 8. The van der Waals surface area contributed by atoms with Gasteiger partial charge in [-0.25, -0.2) is 4.79 Å². The van der Waals surface area contributed by atoms with E-state index in [-0.39, 0.29) is 65.9 Å². The van der Waals surface area contributed by atoms with Gasteiger partial charge in [-0.1, -0.05) is 111 Å². The van der Waals surface area contributed by atoms with E-state index in [9.17, 15) is 29.1 Å². The summed E-state index contributed by atoms with van der Waals surface area (Å²) in [6.07, 6.45) is 1.49. The number of nitrogens with zero attached hydrogens (tertiary/aromatic N) is 3. The first-order valence-corrected chi connectivity index (χ1v) is 27.9. The number of amides is 6. The average molecular weight is 1070 g/mol. The van der Waals surface area contributed by atoms with E-state index in [1.807, 2.05) is 91.2 Å². The molecule has 0 radical (unpaired) electrons. The highest BCUT2D eigenvalue weighted by Crippen LogP contribution is 2.31. The number of methoxy groups -OCH3 is 2. The van der Waals surface area contributed by atoms with Crippen LogP contribution in [0, 0.1) is 29.6 Å². The standard InChI is InChI=1S/C58H100N10O8/c1-16-39(8)51(48(75-14)32-49(69)67-31-21-25-47(67)54(76-15)40(9)55(71)64-41(10)53(70)43-22-18-17-19-23-43)66(11)57(73)50(37(4)5)65-56(72)52(38(6)7)68(12,13)35-42-26-28-44(29-27-42)62-33-45(24-20-30-61-58(60)74)63-34-46(59)36(2)3/h17-19,22-23,26-29,36-41,45-48,50-54,62-63,70H,16,20-21,24-25,30-35,59H2,1-15H3,(H4-,60,61,64,65,71,72,74)/p+1/t39-,40+,41+,45-,46+,47-,48+,50-,51-,52-,53+,54+/m0/s1. The maximum atomic E-state index is 14.9. The van der Waals surface area contributed by atoms with Crippen molar-refractivity contribution < 1.29 is 43.0 Å². The molecule has 0 bridgehead atoms. The summed E-state index contributed by atoms with van der Waals surface area (Å²) in [5, 5.41) is 26.9. The minimum absolute atomic E-state index is 0.00325. The summed E-state index contributed by atoms with van der Waals surface area (Å²) in [6.45, 7) is 22.7. The molecule has 430 valence electrons. The molecule has 3 rings (SSSR count). The van der Waals surface area contributed by atoms with Crippen LogP contribution in [-0.4, -0.2) is 165 Å². The van der Waals surface area contributed by atoms with Gasteiger partial charge in [0.05, 0.1) is 62.9 Å². The van der Waals surface area contributed by atoms with Crippen molar-refractivity contribution in [2.45, 2.75) is 175 Å². The van der Waals surface area contributed by atoms with E-state index in [2.05, 4.69) is 59.5 Å². The minimum Gasteiger partial charge on any atom is -0.386 e. The second-order valence-corrected chi connectivity index (χ2v) is 23.1. The number of anilines is 1. The van der Waals surface area contributed by atoms with Crippen LogP contribution < -0.4 is 38.1 Å². The number of hydrogen-bond acceptors (Lipinski definition) is 11. The van der Waals surface area contributed by atoms with Crippen molar-refractivity contribution in [2.24, 2.45) is 41.1 Å². The number of rotatable bonds is 33. The molecule has 0 saturated carbocycles. The number of ether oxygens (including phenoxy) is 2. The smallest absolute Gasteiger partial charge is 0.312 e. The molecule has 1 saturated heterocycles. The molecule has 1 aliphatic rings. The third-order valence-corrected chi connectivity index (χ3v) is 15.8. The Morgan fingerprint density at radius 3 is 2.05 bits per heavy atom. The minimum atomic E-state index is -0.899. The molecular weight excluding hydrogens is 965 g/mol. The maximum absolute atomic E-state index is 14.9. The van der Waals surface area contributed by atoms with Crippen LogP contribution in [0.5, 0.6) is 0 Å². The third-order valence-electron chi connectivity index (χ3n) is 15.8. The molecule has 18 nitrogen and oxygen atoms in total. The quantitative estimate of drug-likeness (QED) is 0.0333. The van der Waals surface area contributed by atoms with E-state index >= 15 is 0 Å². The number of likely N-dealkylation sites (tertiary alicyclic amines) is 1. The molecule has 0 aliphatic carbocycles. The van der Waals surface area contributed by atoms with Gasteiger partial charge in [0, 0.05) is 76.7 Å². The topological polar surface area (TPSA) is 243 Å². The van der Waals surface area contributed by atoms with E-state index in [4.69, 9.17) is 20.9 Å². The van der Waals surface area contributed by atoms with Crippen LogP contribution >= 0.6 is 0 Å². The lowest BCUT2D eigenvalue weighted by Crippen LogP contribution is -2.63. The van der Waals surface area contributed by atoms with Crippen molar-refractivity contribution in [1.82, 2.24) is 31.1 Å². The van der Waals surface area contributed by atoms with Gasteiger partial charge in [0.15, 0.2) is 6.04 Å². The number of aliphatic hydroxyl groups excluding tert-OH is 1. The molecular formula is C58H101N10O8+. The molecule has 12 atom stereocenters. The lowest BCUT2D eigenvalue weighted by molar-refractivity contribution is -0.922. The first-order valence-electron chi connectivity index (χ1n) is 27.9. The Bertz CT molecular complexity index is 2080. The maximum Gasteiger partial charge on any atom is 0.312 e. The van der Waals surface area contributed by atoms with Gasteiger partial charge in [0.2, 0.25) is 17.7 Å². The van der Waals surface area contributed by atoms with Gasteiger partial charge in [-0.15, -0.1) is 0 Å². The van der Waals surface area contributed by atoms with Crippen LogP contribution in [0.2, 0.25) is 0 Å². The van der Waals surface area contributed by atoms with E-state index < -0.39 is 54.4 Å². The summed E-state index contributed by atoms with van der Waals surface area (Å²) >= 11 is 0. The van der Waals surface area contributed by atoms with Gasteiger partial charge in [-0.05, 0) is 68.1 Å². The van der Waals surface area contributed by atoms with Gasteiger partial charge in [0.25, 0.3) is 5.91 Å². The van der Waals surface area contributed by atoms with Gasteiger partial charge in [0.1, 0.15) is 12.6 Å². The Balaban J connectivity index is 1.74. The Morgan fingerprint density at radius 1 is 0.855 bits per heavy atom. The fourth-order valence-corrected chi connectivity index (χ4v) is 11.0. The number of benzene rings is 2. The number of urea groups is 1. The summed E-state index contributed by atoms with van der Waals surface area (Å²) in [5.41, 5.74) is 14.3. The van der Waals surface area contributed by atoms with E-state index in [1.54, 1.807) is 44.9 Å². The first-order chi connectivity index (χ1) is 35.8. The zero-order valence-corrected chi connectivity index (χ0v) is 48.9. The van der Waals surface area contributed by atoms with Gasteiger partial charge in [-0.2, -0.15) is 0 Å². The lowest BCUT2D eigenvalue weighted by Gasteiger charge is -2.42. The summed E-state index contributed by atoms with van der Waals surface area (Å²) in [4.78, 5) is 72.3. The molecule has 10 N–H and O–H groups in total. The van der Waals surface area contributed by atoms with Crippen molar-refractivity contribution in [3.8, 4) is 0 Å². The highest BCUT2D eigenvalue weighted by molar-refractivity contribution is 5.90. The van der Waals surface area contributed by atoms with Crippen LogP contribution in [0.3, 0.4) is 0 Å². The van der Waals surface area contributed by atoms with E-state index in [1.165, 1.54) is 0 Å². The molecule has 0 spiro atoms. The van der Waals surface area contributed by atoms with Crippen LogP contribution in [0.15, 0.2) is 54.6 Å². The molecule has 0 unspecified atom stereocenters. The monoisotopic (exact) mass is 1070 g/mol. The van der Waals surface area contributed by atoms with Crippen LogP contribution in [0.4, 0.5) is 10.5 Å². The van der Waals surface area contributed by atoms with Gasteiger partial charge >= 0.3 is 6.03 Å². The van der Waals surface area contributed by atoms with E-state index in [0.717, 1.165) is 30.5 Å². The highest BCUT2D eigenvalue weighted by Gasteiger charge is 2.45. The molecule has 1 aliphatic heterocycles. The number of nitrogens with two attached hydrogens (primary N) is 2. The summed E-state index contributed by atoms with van der Waals surface area (Å²) in [5.74, 6) is -1.59. The Kier molecular flexibility index (Phi) is 27.1. The van der Waals surface area contributed by atoms with Gasteiger partial charge in [-0.3, -0.25) is 19.2 Å². The number of nitrogens with one attached hydrogen (secondary N) is 5. The van der Waals surface area contributed by atoms with Gasteiger partial charge < -0.3 is 66.9 Å². The molecule has 1 heterocycles. The fraction of sp³-hybridized carbons (Fsp3) is 0.707. The van der Waals surface area contributed by atoms with E-state index in [0.29, 0.717) is 61.5 Å². The zero-order chi connectivity index (χ0) is 57.0. The van der Waals surface area contributed by atoms with Crippen molar-refractivity contribution in [1.29, 1.82) is 0 Å². The van der Waals surface area contributed by atoms with Crippen molar-refractivity contribution >= 4 is 35.3 Å². The van der Waals surface area contributed by atoms with Crippen LogP contribution in [-0.2, 0) is 35.2 Å². The first kappa shape index (κ1) is 65.4. The number of carbonyl (C=O) groups is 5. The summed E-state index contributed by atoms with van der Waals surface area (Å²) in [6, 6.07) is 14.3. The molecule has 76 heavy (non-hydrogen) atoms. The molecule has 2 aromatic carbocycles. The number of quaternary nitrogens is 1. The number of likely N-dealkylation sites (N-methyl/N-ethyl adjacent to an activating group) is 2. The largest absolute Gasteiger partial charge is 0.386 e. The number of carbonyl (C=O) groups excluding carboxylic acids is 5. The second kappa shape index (κ2) is 31.5. The number of aliphatic hydroxyl groups is 1. The summed E-state index contributed by atoms with van der Waals surface area (Å²) in [7, 11) is 8.97. The Morgan fingerprint density at radius 2 is 1.50 bits per heavy atom. The molecule has 18 heteroatoms. The Hall–Kier alpha value is -4.85. The Labute approximate surface area is 456 Å². The highest BCUT2D eigenvalue weighted by atomic mass is 16.5. The number of primary amides is 1. The normalized spacial score (nSPS) is 18.4. The van der Waals surface area contributed by atoms with Crippen LogP contribution in [0.1, 0.15) is 125 Å². The molecule has 0 aromatic heterocycles. The predicted octanol–water partition coefficient (Wildman–Crippen LogP) is 5.39. The SMILES string of the molecule is CC[C@H](C)[C@@H]([C@@H](CC(=O)N1CCC[C@H]1[C@H](OC)[C@@H](C)C(=O)N[C@H](C)[C@@H](O)c1ccccc1)OC)N(C)C(=O)[C@@H](NC(=O)[C@H](C(C)C)[N+](C)(C)Cc1ccc(NC[C@H](CCCNC(N)=O)NC[C@@H](N)C(C)C)cc1)C(C)C. The fourth-order valence-electron chi connectivity index (χ4n) is 11.0. The van der Waals surface area contributed by atoms with Crippen molar-refractivity contribution in [3.63, 3.8) is 0 Å². The lowest BCUT2D eigenvalue weighted by atomic mass is 9.89. The average Bonchev–Trinajstić information content (AvgIpc) is 3.86. The molecule has 1 fully saturated rings. The zero-order valence-electron chi connectivity index (χ0n) is 48.9. The second-order valence-electron chi connectivity index (χ2n) is 23.1.